The van der Waals surface area contributed by atoms with Crippen LogP contribution < -0.4 is 16.2 Å². The number of nitrogens with one attached hydrogen (secondary N) is 2. The lowest BCUT2D eigenvalue weighted by atomic mass is 10.1. The van der Waals surface area contributed by atoms with Crippen LogP contribution in [0.3, 0.4) is 0 Å². The summed E-state index contributed by atoms with van der Waals surface area (Å²) in [5, 5.41) is 0.196. The number of hydrogen-bond donors (Lipinski definition) is 3. The van der Waals surface area contributed by atoms with Crippen LogP contribution in [0.1, 0.15) is 33.1 Å². The largest absolute Gasteiger partial charge is 0.397 e. The van der Waals surface area contributed by atoms with Crippen molar-refractivity contribution in [2.24, 2.45) is 0 Å². The van der Waals surface area contributed by atoms with Crippen LogP contribution >= 0.6 is 0 Å². The number of H-pyrrole nitrogens is 2. The average Bonchev–Trinajstić information content (AvgIpc) is 3.13. The van der Waals surface area contributed by atoms with Crippen molar-refractivity contribution < 1.29 is 4.39 Å². The Hall–Kier alpha value is -3.35. The molecular formula is C23H26FN5O. The quantitative estimate of drug-likeness (QED) is 0.410. The van der Waals surface area contributed by atoms with Gasteiger partial charge < -0.3 is 20.6 Å². The lowest BCUT2D eigenvalue weighted by molar-refractivity contribution is 0.640. The Labute approximate surface area is 173 Å². The van der Waals surface area contributed by atoms with Crippen LogP contribution in [0.4, 0.5) is 15.8 Å². The highest BCUT2D eigenvalue weighted by Crippen LogP contribution is 2.30. The van der Waals surface area contributed by atoms with Crippen LogP contribution in [0, 0.1) is 5.82 Å². The highest BCUT2D eigenvalue weighted by molar-refractivity contribution is 5.98. The molecule has 0 aliphatic heterocycles. The number of nitrogens with zero attached hydrogens (tertiary/aromatic N) is 2. The summed E-state index contributed by atoms with van der Waals surface area (Å²) in [6.07, 6.45) is 3.32. The summed E-state index contributed by atoms with van der Waals surface area (Å²) in [7, 11) is 0. The second-order valence-corrected chi connectivity index (χ2v) is 7.53. The number of nitrogen functional groups attached to an aromatic ring is 1. The third-order valence-electron chi connectivity index (χ3n) is 5.37. The van der Waals surface area contributed by atoms with Gasteiger partial charge in [-0.3, -0.25) is 4.79 Å². The number of unbranched alkanes of at least 4 members (excludes halogenated alkanes) is 1. The summed E-state index contributed by atoms with van der Waals surface area (Å²) < 4.78 is 14.4. The van der Waals surface area contributed by atoms with Crippen molar-refractivity contribution in [1.29, 1.82) is 0 Å². The lowest BCUT2D eigenvalue weighted by Crippen LogP contribution is -2.25. The SMILES string of the molecule is CCCCN(CCC)c1ccc2nc(-c3c(N)c4c(F)cccc4[nH]c3=O)[nH]c2c1. The molecule has 0 spiro atoms. The van der Waals surface area contributed by atoms with E-state index in [1.807, 2.05) is 18.2 Å². The molecule has 30 heavy (non-hydrogen) atoms. The molecule has 156 valence electrons. The predicted octanol–water partition coefficient (Wildman–Crippen LogP) is 4.81. The molecule has 0 atom stereocenters. The van der Waals surface area contributed by atoms with Crippen LogP contribution in [-0.2, 0) is 0 Å². The molecule has 2 aromatic heterocycles. The Morgan fingerprint density at radius 3 is 2.67 bits per heavy atom. The van der Waals surface area contributed by atoms with Crippen LogP contribution in [0.2, 0.25) is 0 Å². The zero-order chi connectivity index (χ0) is 21.3. The molecule has 0 saturated carbocycles. The molecule has 0 saturated heterocycles. The third kappa shape index (κ3) is 3.51. The van der Waals surface area contributed by atoms with Crippen molar-refractivity contribution in [2.75, 3.05) is 23.7 Å². The fourth-order valence-electron chi connectivity index (χ4n) is 3.87. The summed E-state index contributed by atoms with van der Waals surface area (Å²) in [6, 6.07) is 10.5. The van der Waals surface area contributed by atoms with Gasteiger partial charge in [-0.2, -0.15) is 0 Å². The van der Waals surface area contributed by atoms with E-state index in [9.17, 15) is 9.18 Å². The van der Waals surface area contributed by atoms with E-state index in [0.717, 1.165) is 49.1 Å². The van der Waals surface area contributed by atoms with Gasteiger partial charge in [-0.1, -0.05) is 26.3 Å². The minimum atomic E-state index is -0.480. The minimum Gasteiger partial charge on any atom is -0.397 e. The second kappa shape index (κ2) is 8.18. The number of aromatic amines is 2. The molecule has 0 fully saturated rings. The van der Waals surface area contributed by atoms with Crippen LogP contribution in [0.15, 0.2) is 41.2 Å². The van der Waals surface area contributed by atoms with Crippen LogP contribution in [0.5, 0.6) is 0 Å². The molecule has 0 radical (unpaired) electrons. The topological polar surface area (TPSA) is 90.8 Å². The number of rotatable bonds is 7. The number of fused-ring (bicyclic) bond motifs is 2. The number of halogens is 1. The molecule has 4 N–H and O–H groups in total. The van der Waals surface area contributed by atoms with E-state index in [1.54, 1.807) is 6.07 Å². The van der Waals surface area contributed by atoms with Gasteiger partial charge in [-0.05, 0) is 43.2 Å². The molecule has 2 heterocycles. The van der Waals surface area contributed by atoms with Crippen molar-refractivity contribution in [3.63, 3.8) is 0 Å². The van der Waals surface area contributed by atoms with E-state index >= 15 is 0 Å². The van der Waals surface area contributed by atoms with Gasteiger partial charge in [0.25, 0.3) is 5.56 Å². The molecule has 4 rings (SSSR count). The van der Waals surface area contributed by atoms with E-state index in [-0.39, 0.29) is 16.6 Å². The molecule has 0 aliphatic rings. The van der Waals surface area contributed by atoms with Gasteiger partial charge in [-0.25, -0.2) is 9.37 Å². The maximum Gasteiger partial charge on any atom is 0.261 e. The molecule has 6 nitrogen and oxygen atoms in total. The van der Waals surface area contributed by atoms with Gasteiger partial charge in [0.2, 0.25) is 0 Å². The molecule has 0 amide bonds. The first kappa shape index (κ1) is 19.9. The number of imidazole rings is 1. The highest BCUT2D eigenvalue weighted by atomic mass is 19.1. The second-order valence-electron chi connectivity index (χ2n) is 7.53. The normalized spacial score (nSPS) is 11.4. The standard InChI is InChI=1S/C23H26FN5O/c1-3-5-12-29(11-4-2)14-9-10-16-18(13-14)27-22(26-16)20-21(25)19-15(24)7-6-8-17(19)28-23(20)30/h6-10,13H,3-5,11-12H2,1-2H3,(H,26,27)(H3,25,28,30). The maximum absolute atomic E-state index is 14.4. The summed E-state index contributed by atoms with van der Waals surface area (Å²) in [4.78, 5) is 25.5. The van der Waals surface area contributed by atoms with Gasteiger partial charge in [0.05, 0.1) is 27.6 Å². The summed E-state index contributed by atoms with van der Waals surface area (Å²) in [5.74, 6) is -0.145. The molecule has 4 aromatic rings. The molecule has 2 aromatic carbocycles. The summed E-state index contributed by atoms with van der Waals surface area (Å²) >= 11 is 0. The van der Waals surface area contributed by atoms with Crippen molar-refractivity contribution in [3.05, 3.63) is 52.6 Å². The Kier molecular flexibility index (Phi) is 5.44. The van der Waals surface area contributed by atoms with Crippen LogP contribution in [-0.4, -0.2) is 28.0 Å². The Morgan fingerprint density at radius 1 is 1.07 bits per heavy atom. The highest BCUT2D eigenvalue weighted by Gasteiger charge is 2.18. The first-order valence-corrected chi connectivity index (χ1v) is 10.4. The van der Waals surface area contributed by atoms with Crippen molar-refractivity contribution in [2.45, 2.75) is 33.1 Å². The zero-order valence-corrected chi connectivity index (χ0v) is 17.3. The fraction of sp³-hybridized carbons (Fsp3) is 0.304. The number of benzene rings is 2. The average molecular weight is 407 g/mol. The number of hydrogen-bond acceptors (Lipinski definition) is 4. The Balaban J connectivity index is 1.81. The first-order valence-electron chi connectivity index (χ1n) is 10.4. The first-order chi connectivity index (χ1) is 14.5. The molecule has 0 aliphatic carbocycles. The van der Waals surface area contributed by atoms with E-state index in [0.29, 0.717) is 11.3 Å². The van der Waals surface area contributed by atoms with Gasteiger partial charge in [0.1, 0.15) is 17.2 Å². The van der Waals surface area contributed by atoms with Crippen molar-refractivity contribution in [3.8, 4) is 11.4 Å². The third-order valence-corrected chi connectivity index (χ3v) is 5.37. The molecular weight excluding hydrogens is 381 g/mol. The van der Waals surface area contributed by atoms with Crippen molar-refractivity contribution in [1.82, 2.24) is 15.0 Å². The number of nitrogens with two attached hydrogens (primary N) is 1. The van der Waals surface area contributed by atoms with Crippen molar-refractivity contribution >= 4 is 33.3 Å². The minimum absolute atomic E-state index is 0.0849. The van der Waals surface area contributed by atoms with E-state index in [1.165, 1.54) is 12.1 Å². The van der Waals surface area contributed by atoms with Gasteiger partial charge in [0.15, 0.2) is 0 Å². The summed E-state index contributed by atoms with van der Waals surface area (Å²) in [5.41, 5.74) is 9.08. The number of anilines is 2. The van der Waals surface area contributed by atoms with Gasteiger partial charge >= 0.3 is 0 Å². The van der Waals surface area contributed by atoms with E-state index in [4.69, 9.17) is 5.73 Å². The van der Waals surface area contributed by atoms with E-state index < -0.39 is 11.4 Å². The Bertz CT molecular complexity index is 1260. The summed E-state index contributed by atoms with van der Waals surface area (Å²) in [6.45, 7) is 6.32. The predicted molar refractivity (Wildman–Crippen MR) is 121 cm³/mol. The molecule has 0 bridgehead atoms. The van der Waals surface area contributed by atoms with Crippen LogP contribution in [0.25, 0.3) is 33.3 Å². The van der Waals surface area contributed by atoms with Gasteiger partial charge in [-0.15, -0.1) is 0 Å². The smallest absolute Gasteiger partial charge is 0.261 e. The molecule has 7 heteroatoms. The zero-order valence-electron chi connectivity index (χ0n) is 17.3. The number of aromatic nitrogens is 3. The Morgan fingerprint density at radius 2 is 1.90 bits per heavy atom. The monoisotopic (exact) mass is 407 g/mol. The molecule has 0 unspecified atom stereocenters. The maximum atomic E-state index is 14.4. The fourth-order valence-corrected chi connectivity index (χ4v) is 3.87. The lowest BCUT2D eigenvalue weighted by Gasteiger charge is -2.24. The number of pyridine rings is 1. The van der Waals surface area contributed by atoms with Gasteiger partial charge in [0, 0.05) is 18.8 Å². The van der Waals surface area contributed by atoms with E-state index in [2.05, 4.69) is 33.7 Å².